The Bertz CT molecular complexity index is 334. The van der Waals surface area contributed by atoms with E-state index in [-0.39, 0.29) is 16.0 Å². The average Bonchev–Trinajstić information content (AvgIpc) is 2.23. The first-order valence-electron chi connectivity index (χ1n) is 7.92. The van der Waals surface area contributed by atoms with Crippen molar-refractivity contribution in [2.45, 2.75) is 98.2 Å². The maximum atomic E-state index is 12.5. The van der Waals surface area contributed by atoms with Crippen molar-refractivity contribution in [1.29, 1.82) is 0 Å². The first-order chi connectivity index (χ1) is 8.69. The molecule has 0 aromatic carbocycles. The lowest BCUT2D eigenvalue weighted by Gasteiger charge is -2.50. The quantitative estimate of drug-likeness (QED) is 0.589. The highest BCUT2D eigenvalue weighted by atomic mass is 28.4. The van der Waals surface area contributed by atoms with Crippen molar-refractivity contribution >= 4 is 14.3 Å². The van der Waals surface area contributed by atoms with Gasteiger partial charge < -0.3 is 4.43 Å². The summed E-state index contributed by atoms with van der Waals surface area (Å²) in [6.07, 6.45) is 3.50. The van der Waals surface area contributed by atoms with E-state index in [0.717, 1.165) is 6.42 Å². The van der Waals surface area contributed by atoms with E-state index in [9.17, 15) is 4.79 Å². The van der Waals surface area contributed by atoms with Crippen molar-refractivity contribution in [3.05, 3.63) is 0 Å². The van der Waals surface area contributed by atoms with Gasteiger partial charge in [0.1, 0.15) is 0 Å². The number of rotatable bonds is 5. The Hall–Kier alpha value is -0.313. The van der Waals surface area contributed by atoms with E-state index in [0.29, 0.717) is 0 Å². The molecule has 0 radical (unpaired) electrons. The highest BCUT2D eigenvalue weighted by molar-refractivity contribution is 6.79. The number of unbranched alkanes of at least 4 members (excludes halogenated alkanes) is 1. The molecule has 0 aliphatic heterocycles. The van der Waals surface area contributed by atoms with Gasteiger partial charge in [0.05, 0.1) is 5.41 Å². The lowest BCUT2D eigenvalue weighted by atomic mass is 9.98. The smallest absolute Gasteiger partial charge is 0.297 e. The van der Waals surface area contributed by atoms with E-state index < -0.39 is 13.7 Å². The molecule has 3 heteroatoms. The van der Waals surface area contributed by atoms with Gasteiger partial charge in [-0.05, 0) is 43.8 Å². The van der Waals surface area contributed by atoms with E-state index in [2.05, 4.69) is 48.1 Å². The third kappa shape index (κ3) is 4.34. The van der Waals surface area contributed by atoms with Crippen LogP contribution in [0.3, 0.4) is 0 Å². The summed E-state index contributed by atoms with van der Waals surface area (Å²) < 4.78 is 6.23. The molecule has 0 aliphatic carbocycles. The van der Waals surface area contributed by atoms with Crippen LogP contribution in [0.25, 0.3) is 0 Å². The molecule has 0 rings (SSSR count). The highest BCUT2D eigenvalue weighted by Crippen LogP contribution is 2.54. The van der Waals surface area contributed by atoms with Gasteiger partial charge in [-0.15, -0.1) is 0 Å². The largest absolute Gasteiger partial charge is 0.518 e. The lowest BCUT2D eigenvalue weighted by Crippen LogP contribution is -2.55. The predicted molar refractivity (Wildman–Crippen MR) is 90.4 cm³/mol. The van der Waals surface area contributed by atoms with Gasteiger partial charge in [0.2, 0.25) is 0 Å². The Morgan fingerprint density at radius 3 is 1.75 bits per heavy atom. The van der Waals surface area contributed by atoms with Crippen LogP contribution in [0.1, 0.15) is 81.6 Å². The van der Waals surface area contributed by atoms with Crippen LogP contribution in [-0.2, 0) is 9.22 Å². The Morgan fingerprint density at radius 1 is 1.00 bits per heavy atom. The molecule has 0 aliphatic rings. The molecule has 0 aromatic heterocycles. The SMILES string of the molecule is CCCCC(C)(C)[Si](C)(OC(=O)C(C)(C)C)C(C)(C)C. The van der Waals surface area contributed by atoms with Gasteiger partial charge in [-0.25, -0.2) is 0 Å². The zero-order valence-electron chi connectivity index (χ0n) is 15.4. The van der Waals surface area contributed by atoms with Gasteiger partial charge in [-0.2, -0.15) is 0 Å². The van der Waals surface area contributed by atoms with E-state index in [1.165, 1.54) is 12.8 Å². The number of carbonyl (C=O) groups is 1. The highest BCUT2D eigenvalue weighted by Gasteiger charge is 2.56. The maximum absolute atomic E-state index is 12.5. The molecule has 120 valence electrons. The third-order valence-electron chi connectivity index (χ3n) is 4.79. The van der Waals surface area contributed by atoms with Crippen molar-refractivity contribution in [2.75, 3.05) is 0 Å². The molecule has 0 saturated heterocycles. The molecule has 0 amide bonds. The van der Waals surface area contributed by atoms with Crippen LogP contribution in [0.2, 0.25) is 16.6 Å². The van der Waals surface area contributed by atoms with Gasteiger partial charge in [0, 0.05) is 0 Å². The van der Waals surface area contributed by atoms with E-state index in [4.69, 9.17) is 4.43 Å². The second-order valence-electron chi connectivity index (χ2n) is 8.91. The van der Waals surface area contributed by atoms with Crippen LogP contribution >= 0.6 is 0 Å². The maximum Gasteiger partial charge on any atom is 0.297 e. The van der Waals surface area contributed by atoms with Crippen molar-refractivity contribution in [3.63, 3.8) is 0 Å². The summed E-state index contributed by atoms with van der Waals surface area (Å²) in [5, 5.41) is 0.118. The topological polar surface area (TPSA) is 26.3 Å². The van der Waals surface area contributed by atoms with Crippen LogP contribution in [-0.4, -0.2) is 14.3 Å². The Kier molecular flexibility index (Phi) is 6.11. The average molecular weight is 301 g/mol. The molecule has 1 atom stereocenters. The summed E-state index contributed by atoms with van der Waals surface area (Å²) >= 11 is 0. The summed E-state index contributed by atoms with van der Waals surface area (Å²) in [5.41, 5.74) is -0.430. The molecule has 0 bridgehead atoms. The van der Waals surface area contributed by atoms with Crippen LogP contribution in [0.15, 0.2) is 0 Å². The number of hydrogen-bond donors (Lipinski definition) is 0. The van der Waals surface area contributed by atoms with Gasteiger partial charge in [-0.1, -0.05) is 54.4 Å². The first kappa shape index (κ1) is 19.7. The number of carbonyl (C=O) groups excluding carboxylic acids is 1. The molecule has 0 aromatic rings. The molecule has 0 saturated carbocycles. The summed E-state index contributed by atoms with van der Waals surface area (Å²) in [7, 11) is -2.24. The fourth-order valence-electron chi connectivity index (χ4n) is 2.50. The molecule has 0 heterocycles. The summed E-state index contributed by atoms with van der Waals surface area (Å²) in [6.45, 7) is 21.5. The standard InChI is InChI=1S/C17H36O2Si/c1-11-12-13-17(8,9)20(10,16(5,6)7)19-14(18)15(2,3)4/h11-13H2,1-10H3. The molecule has 0 N–H and O–H groups in total. The van der Waals surface area contributed by atoms with Crippen molar-refractivity contribution in [2.24, 2.45) is 5.41 Å². The third-order valence-corrected chi connectivity index (χ3v) is 11.1. The van der Waals surface area contributed by atoms with Gasteiger partial charge in [0.15, 0.2) is 0 Å². The minimum Gasteiger partial charge on any atom is -0.518 e. The van der Waals surface area contributed by atoms with Gasteiger partial charge in [-0.3, -0.25) is 4.79 Å². The normalized spacial score (nSPS) is 16.7. The minimum atomic E-state index is -2.24. The Labute approximate surface area is 127 Å². The zero-order chi connectivity index (χ0) is 16.4. The molecule has 1 unspecified atom stereocenters. The second kappa shape index (κ2) is 6.21. The monoisotopic (exact) mass is 300 g/mol. The molecular weight excluding hydrogens is 264 g/mol. The lowest BCUT2D eigenvalue weighted by molar-refractivity contribution is -0.144. The summed E-state index contributed by atoms with van der Waals surface area (Å²) in [6, 6.07) is 0. The minimum absolute atomic E-state index is 0.0329. The van der Waals surface area contributed by atoms with E-state index in [1.807, 2.05) is 20.8 Å². The number of hydrogen-bond acceptors (Lipinski definition) is 2. The molecule has 0 spiro atoms. The molecule has 2 nitrogen and oxygen atoms in total. The predicted octanol–water partition coefficient (Wildman–Crippen LogP) is 5.92. The van der Waals surface area contributed by atoms with E-state index >= 15 is 0 Å². The van der Waals surface area contributed by atoms with Gasteiger partial charge >= 0.3 is 0 Å². The molecule has 0 fully saturated rings. The second-order valence-corrected chi connectivity index (χ2v) is 14.0. The van der Waals surface area contributed by atoms with Crippen LogP contribution in [0, 0.1) is 5.41 Å². The van der Waals surface area contributed by atoms with Crippen LogP contribution in [0.5, 0.6) is 0 Å². The molecule has 20 heavy (non-hydrogen) atoms. The Morgan fingerprint density at radius 2 is 1.45 bits per heavy atom. The van der Waals surface area contributed by atoms with Crippen LogP contribution < -0.4 is 0 Å². The molecular formula is C17H36O2Si. The van der Waals surface area contributed by atoms with Crippen molar-refractivity contribution in [1.82, 2.24) is 0 Å². The fourth-order valence-corrected chi connectivity index (χ4v) is 6.45. The fraction of sp³-hybridized carbons (Fsp3) is 0.941. The first-order valence-corrected chi connectivity index (χ1v) is 10.3. The Balaban J connectivity index is 5.49. The van der Waals surface area contributed by atoms with Crippen molar-refractivity contribution < 1.29 is 9.22 Å². The van der Waals surface area contributed by atoms with E-state index in [1.54, 1.807) is 0 Å². The zero-order valence-corrected chi connectivity index (χ0v) is 16.4. The van der Waals surface area contributed by atoms with Crippen LogP contribution in [0.4, 0.5) is 0 Å². The van der Waals surface area contributed by atoms with Gasteiger partial charge in [0.25, 0.3) is 14.3 Å². The van der Waals surface area contributed by atoms with Crippen molar-refractivity contribution in [3.8, 4) is 0 Å². The summed E-state index contributed by atoms with van der Waals surface area (Å²) in [5.74, 6) is -0.0498. The summed E-state index contributed by atoms with van der Waals surface area (Å²) in [4.78, 5) is 12.5.